The van der Waals surface area contributed by atoms with Crippen molar-refractivity contribution in [1.29, 1.82) is 0 Å². The third-order valence-electron chi connectivity index (χ3n) is 6.05. The Morgan fingerprint density at radius 3 is 2.54 bits per heavy atom. The monoisotopic (exact) mass is 410 g/mol. The van der Waals surface area contributed by atoms with E-state index >= 15 is 0 Å². The summed E-state index contributed by atoms with van der Waals surface area (Å²) in [5.74, 6) is 0.373. The summed E-state index contributed by atoms with van der Waals surface area (Å²) in [7, 11) is -1.68. The molecule has 1 heterocycles. The Morgan fingerprint density at radius 2 is 1.96 bits per heavy atom. The van der Waals surface area contributed by atoms with E-state index in [1.165, 1.54) is 0 Å². The maximum Gasteiger partial charge on any atom is 0.306 e. The van der Waals surface area contributed by atoms with Crippen LogP contribution in [0.15, 0.2) is 24.8 Å². The highest BCUT2D eigenvalue weighted by molar-refractivity contribution is 6.73. The van der Waals surface area contributed by atoms with Crippen molar-refractivity contribution in [2.75, 3.05) is 0 Å². The van der Waals surface area contributed by atoms with Crippen molar-refractivity contribution >= 4 is 14.3 Å². The number of ether oxygens (including phenoxy) is 1. The Labute approximate surface area is 173 Å². The molecule has 0 saturated carbocycles. The van der Waals surface area contributed by atoms with Crippen molar-refractivity contribution in [2.45, 2.75) is 109 Å². The van der Waals surface area contributed by atoms with Gasteiger partial charge in [-0.2, -0.15) is 0 Å². The number of cyclic esters (lactones) is 1. The van der Waals surface area contributed by atoms with E-state index in [1.54, 1.807) is 6.08 Å². The van der Waals surface area contributed by atoms with E-state index in [0.717, 1.165) is 50.2 Å². The van der Waals surface area contributed by atoms with Gasteiger partial charge in [0.2, 0.25) is 0 Å². The fourth-order valence-corrected chi connectivity index (χ4v) is 6.99. The minimum atomic E-state index is -1.68. The van der Waals surface area contributed by atoms with Gasteiger partial charge in [0.1, 0.15) is 6.10 Å². The Balaban J connectivity index is 2.63. The van der Waals surface area contributed by atoms with Crippen LogP contribution in [0.5, 0.6) is 0 Å². The van der Waals surface area contributed by atoms with Crippen LogP contribution in [-0.2, 0) is 14.0 Å². The molecule has 1 rings (SSSR count). The van der Waals surface area contributed by atoms with E-state index in [-0.39, 0.29) is 18.2 Å². The Bertz CT molecular complexity index is 479. The summed E-state index contributed by atoms with van der Waals surface area (Å²) in [4.78, 5) is 11.7. The second-order valence-corrected chi connectivity index (χ2v) is 13.0. The predicted octanol–water partition coefficient (Wildman–Crippen LogP) is 5.77. The molecule has 1 saturated heterocycles. The first kappa shape index (κ1) is 25.1. The largest absolute Gasteiger partial charge is 0.462 e. The molecule has 1 N–H and O–H groups in total. The van der Waals surface area contributed by atoms with Crippen LogP contribution < -0.4 is 0 Å². The fourth-order valence-electron chi connectivity index (χ4n) is 4.06. The second-order valence-electron chi connectivity index (χ2n) is 8.33. The maximum atomic E-state index is 11.7. The molecule has 1 aliphatic rings. The van der Waals surface area contributed by atoms with Crippen molar-refractivity contribution in [3.63, 3.8) is 0 Å². The molecule has 1 fully saturated rings. The zero-order chi connectivity index (χ0) is 21.0. The number of aliphatic hydroxyl groups is 1. The number of hydrogen-bond acceptors (Lipinski definition) is 4. The molecule has 0 radical (unpaired) electrons. The van der Waals surface area contributed by atoms with Gasteiger partial charge >= 0.3 is 5.97 Å². The van der Waals surface area contributed by atoms with Crippen molar-refractivity contribution in [2.24, 2.45) is 5.92 Å². The molecular weight excluding hydrogens is 368 g/mol. The molecule has 0 amide bonds. The SMILES string of the molecule is C=CC[C@H](O)/C=C/C[C@@H](CCC[C@H]1C[C@H](C)CC(=O)O1)O[Si](CC)(CC)CC. The highest BCUT2D eigenvalue weighted by Crippen LogP contribution is 2.28. The average molecular weight is 411 g/mol. The summed E-state index contributed by atoms with van der Waals surface area (Å²) >= 11 is 0. The highest BCUT2D eigenvalue weighted by atomic mass is 28.4. The third-order valence-corrected chi connectivity index (χ3v) is 10.7. The minimum absolute atomic E-state index is 0.0509. The number of aliphatic hydroxyl groups excluding tert-OH is 1. The zero-order valence-electron chi connectivity index (χ0n) is 18.5. The maximum absolute atomic E-state index is 11.7. The van der Waals surface area contributed by atoms with Crippen LogP contribution in [0, 0.1) is 5.92 Å². The van der Waals surface area contributed by atoms with E-state index < -0.39 is 14.4 Å². The molecule has 0 aromatic rings. The summed E-state index contributed by atoms with van der Waals surface area (Å²) in [5.41, 5.74) is 0. The van der Waals surface area contributed by atoms with E-state index in [4.69, 9.17) is 9.16 Å². The van der Waals surface area contributed by atoms with Gasteiger partial charge in [0.25, 0.3) is 0 Å². The summed E-state index contributed by atoms with van der Waals surface area (Å²) in [6.07, 6.45) is 11.2. The van der Waals surface area contributed by atoms with E-state index in [9.17, 15) is 9.90 Å². The van der Waals surface area contributed by atoms with Gasteiger partial charge in [-0.05, 0) is 62.6 Å². The number of rotatable bonds is 14. The molecule has 4 atom stereocenters. The first-order chi connectivity index (χ1) is 13.4. The molecule has 0 aromatic heterocycles. The zero-order valence-corrected chi connectivity index (χ0v) is 19.5. The summed E-state index contributed by atoms with van der Waals surface area (Å²) in [6.45, 7) is 12.6. The molecule has 5 heteroatoms. The standard InChI is InChI=1S/C23H42O4Si/c1-6-12-20(24)13-10-14-21(27-28(7-2,8-3)9-4)15-11-16-22-17-19(5)18-23(25)26-22/h6,10,13,19-22,24H,1,7-9,11-12,14-18H2,2-5H3/b13-10+/t19-,20-,21-,22-/m0/s1. The third kappa shape index (κ3) is 9.06. The average Bonchev–Trinajstić information content (AvgIpc) is 2.65. The Hall–Kier alpha value is -0.913. The van der Waals surface area contributed by atoms with Crippen molar-refractivity contribution in [3.8, 4) is 0 Å². The molecule has 1 aliphatic heterocycles. The van der Waals surface area contributed by atoms with E-state index in [1.807, 2.05) is 6.08 Å². The van der Waals surface area contributed by atoms with Gasteiger partial charge in [-0.1, -0.05) is 45.9 Å². The molecule has 0 bridgehead atoms. The van der Waals surface area contributed by atoms with Gasteiger partial charge in [-0.15, -0.1) is 6.58 Å². The molecule has 0 aromatic carbocycles. The van der Waals surface area contributed by atoms with Crippen LogP contribution >= 0.6 is 0 Å². The van der Waals surface area contributed by atoms with E-state index in [2.05, 4.69) is 40.3 Å². The second kappa shape index (κ2) is 13.3. The molecule has 0 spiro atoms. The Kier molecular flexibility index (Phi) is 12.0. The lowest BCUT2D eigenvalue weighted by Crippen LogP contribution is -2.40. The van der Waals surface area contributed by atoms with Gasteiger partial charge in [-0.25, -0.2) is 0 Å². The number of esters is 1. The summed E-state index contributed by atoms with van der Waals surface area (Å²) < 4.78 is 12.3. The minimum Gasteiger partial charge on any atom is -0.462 e. The van der Waals surface area contributed by atoms with Crippen LogP contribution in [0.2, 0.25) is 18.1 Å². The predicted molar refractivity (Wildman–Crippen MR) is 119 cm³/mol. The number of hydrogen-bond donors (Lipinski definition) is 1. The van der Waals surface area contributed by atoms with Crippen LogP contribution in [0.1, 0.15) is 72.6 Å². The number of carbonyl (C=O) groups excluding carboxylic acids is 1. The lowest BCUT2D eigenvalue weighted by Gasteiger charge is -2.33. The molecule has 28 heavy (non-hydrogen) atoms. The van der Waals surface area contributed by atoms with Crippen molar-refractivity contribution in [3.05, 3.63) is 24.8 Å². The topological polar surface area (TPSA) is 55.8 Å². The van der Waals surface area contributed by atoms with Gasteiger partial charge in [0, 0.05) is 12.5 Å². The molecule has 0 unspecified atom stereocenters. The quantitative estimate of drug-likeness (QED) is 0.224. The summed E-state index contributed by atoms with van der Waals surface area (Å²) in [6, 6.07) is 3.41. The van der Waals surface area contributed by atoms with Crippen LogP contribution in [0.25, 0.3) is 0 Å². The van der Waals surface area contributed by atoms with Gasteiger partial charge in [0.15, 0.2) is 8.32 Å². The highest BCUT2D eigenvalue weighted by Gasteiger charge is 2.32. The molecule has 4 nitrogen and oxygen atoms in total. The van der Waals surface area contributed by atoms with Gasteiger partial charge < -0.3 is 14.3 Å². The van der Waals surface area contributed by atoms with E-state index in [0.29, 0.717) is 18.8 Å². The first-order valence-electron chi connectivity index (χ1n) is 11.2. The van der Waals surface area contributed by atoms with Crippen molar-refractivity contribution < 1.29 is 19.1 Å². The van der Waals surface area contributed by atoms with Crippen LogP contribution in [0.3, 0.4) is 0 Å². The lowest BCUT2D eigenvalue weighted by molar-refractivity contribution is -0.156. The normalized spacial score (nSPS) is 22.8. The molecular formula is C23H42O4Si. The van der Waals surface area contributed by atoms with Crippen LogP contribution in [-0.4, -0.2) is 37.7 Å². The van der Waals surface area contributed by atoms with Gasteiger partial charge in [0.05, 0.1) is 6.10 Å². The van der Waals surface area contributed by atoms with Crippen molar-refractivity contribution in [1.82, 2.24) is 0 Å². The van der Waals surface area contributed by atoms with Gasteiger partial charge in [-0.3, -0.25) is 4.79 Å². The Morgan fingerprint density at radius 1 is 1.29 bits per heavy atom. The number of carbonyl (C=O) groups is 1. The van der Waals surface area contributed by atoms with Crippen LogP contribution in [0.4, 0.5) is 0 Å². The molecule has 162 valence electrons. The summed E-state index contributed by atoms with van der Waals surface area (Å²) in [5, 5.41) is 9.89. The fraction of sp³-hybridized carbons (Fsp3) is 0.783. The molecule has 0 aliphatic carbocycles. The smallest absolute Gasteiger partial charge is 0.306 e. The lowest BCUT2D eigenvalue weighted by atomic mass is 9.94. The first-order valence-corrected chi connectivity index (χ1v) is 13.7.